The van der Waals surface area contributed by atoms with E-state index >= 15 is 0 Å². The van der Waals surface area contributed by atoms with E-state index < -0.39 is 0 Å². The Bertz CT molecular complexity index is 800. The fourth-order valence-electron chi connectivity index (χ4n) is 3.13. The molecule has 0 aliphatic carbocycles. The zero-order chi connectivity index (χ0) is 20.5. The van der Waals surface area contributed by atoms with Gasteiger partial charge in [-0.05, 0) is 13.0 Å². The lowest BCUT2D eigenvalue weighted by Gasteiger charge is -2.34. The summed E-state index contributed by atoms with van der Waals surface area (Å²) in [4.78, 5) is 11.4. The van der Waals surface area contributed by atoms with Gasteiger partial charge in [-0.15, -0.1) is 24.0 Å². The van der Waals surface area contributed by atoms with Gasteiger partial charge in [0.2, 0.25) is 5.88 Å². The Morgan fingerprint density at radius 3 is 3.00 bits per heavy atom. The molecule has 1 unspecified atom stereocenters. The van der Waals surface area contributed by atoms with Gasteiger partial charge < -0.3 is 24.4 Å². The van der Waals surface area contributed by atoms with Crippen LogP contribution in [0.2, 0.25) is 0 Å². The lowest BCUT2D eigenvalue weighted by atomic mass is 10.1. The second kappa shape index (κ2) is 12.7. The highest BCUT2D eigenvalue weighted by molar-refractivity contribution is 14.0. The molecule has 1 aliphatic rings. The average Bonchev–Trinajstić information content (AvgIpc) is 3.18. The fraction of sp³-hybridized carbons (Fsp3) is 0.550. The average molecular weight is 530 g/mol. The summed E-state index contributed by atoms with van der Waals surface area (Å²) in [5, 5.41) is 7.65. The topological polar surface area (TPSA) is 86.0 Å². The molecule has 1 fully saturated rings. The summed E-state index contributed by atoms with van der Waals surface area (Å²) in [5.74, 6) is 1.45. The SMILES string of the molecule is CCNC(=NCc1cccnc1OCCOC)N1CCOC(c2cnn(C)c2)C1.I. The quantitative estimate of drug-likeness (QED) is 0.242. The van der Waals surface area contributed by atoms with Crippen molar-refractivity contribution in [3.8, 4) is 5.88 Å². The first kappa shape index (κ1) is 24.4. The number of nitrogens with zero attached hydrogens (tertiary/aromatic N) is 5. The van der Waals surface area contributed by atoms with Gasteiger partial charge in [0.1, 0.15) is 12.7 Å². The van der Waals surface area contributed by atoms with Crippen molar-refractivity contribution in [1.82, 2.24) is 25.0 Å². The molecule has 9 nitrogen and oxygen atoms in total. The van der Waals surface area contributed by atoms with Crippen LogP contribution in [0.15, 0.2) is 35.7 Å². The molecule has 2 aromatic heterocycles. The number of methoxy groups -OCH3 is 1. The third-order valence-electron chi connectivity index (χ3n) is 4.57. The number of aryl methyl sites for hydroxylation is 1. The number of hydrogen-bond acceptors (Lipinski definition) is 6. The monoisotopic (exact) mass is 530 g/mol. The molecule has 0 spiro atoms. The molecule has 30 heavy (non-hydrogen) atoms. The van der Waals surface area contributed by atoms with E-state index in [2.05, 4.69) is 27.2 Å². The summed E-state index contributed by atoms with van der Waals surface area (Å²) in [6.07, 6.45) is 5.56. The minimum Gasteiger partial charge on any atom is -0.475 e. The minimum absolute atomic E-state index is 0. The Hall–Kier alpha value is -1.92. The molecule has 0 amide bonds. The number of nitrogens with one attached hydrogen (secondary N) is 1. The van der Waals surface area contributed by atoms with Crippen LogP contribution in [0, 0.1) is 0 Å². The van der Waals surface area contributed by atoms with Gasteiger partial charge in [-0.1, -0.05) is 6.07 Å². The van der Waals surface area contributed by atoms with Gasteiger partial charge in [0.05, 0.1) is 32.5 Å². The van der Waals surface area contributed by atoms with Crippen molar-refractivity contribution >= 4 is 29.9 Å². The standard InChI is InChI=1S/C20H30N6O3.HI/c1-4-21-20(23-12-16-6-5-7-22-19(16)29-11-10-27-3)26-8-9-28-18(15-26)17-13-24-25(2)14-17;/h5-7,13-14,18H,4,8-12,15H2,1-3H3,(H,21,23);1H. The van der Waals surface area contributed by atoms with Crippen molar-refractivity contribution in [3.63, 3.8) is 0 Å². The molecule has 1 saturated heterocycles. The number of halogens is 1. The van der Waals surface area contributed by atoms with E-state index in [1.807, 2.05) is 31.6 Å². The number of rotatable bonds is 8. The predicted octanol–water partition coefficient (Wildman–Crippen LogP) is 2.00. The maximum Gasteiger partial charge on any atom is 0.218 e. The summed E-state index contributed by atoms with van der Waals surface area (Å²) in [6.45, 7) is 6.46. The number of ether oxygens (including phenoxy) is 3. The highest BCUT2D eigenvalue weighted by atomic mass is 127. The molecule has 1 N–H and O–H groups in total. The first-order chi connectivity index (χ1) is 14.2. The molecule has 0 radical (unpaired) electrons. The second-order valence-corrected chi connectivity index (χ2v) is 6.73. The third-order valence-corrected chi connectivity index (χ3v) is 4.57. The van der Waals surface area contributed by atoms with Crippen molar-refractivity contribution in [2.45, 2.75) is 19.6 Å². The Kier molecular flexibility index (Phi) is 10.3. The van der Waals surface area contributed by atoms with E-state index in [4.69, 9.17) is 19.2 Å². The molecule has 166 valence electrons. The van der Waals surface area contributed by atoms with Crippen molar-refractivity contribution in [2.24, 2.45) is 12.0 Å². The van der Waals surface area contributed by atoms with Gasteiger partial charge in [0, 0.05) is 50.8 Å². The number of morpholine rings is 1. The zero-order valence-corrected chi connectivity index (χ0v) is 20.1. The first-order valence-electron chi connectivity index (χ1n) is 9.90. The molecule has 0 saturated carbocycles. The molecule has 1 atom stereocenters. The number of aliphatic imine (C=N–C) groups is 1. The third kappa shape index (κ3) is 6.81. The Balaban J connectivity index is 0.00000320. The molecular formula is C20H31IN6O3. The van der Waals surface area contributed by atoms with Crippen LogP contribution in [-0.2, 0) is 23.1 Å². The van der Waals surface area contributed by atoms with Crippen molar-refractivity contribution < 1.29 is 14.2 Å². The highest BCUT2D eigenvalue weighted by Crippen LogP contribution is 2.22. The summed E-state index contributed by atoms with van der Waals surface area (Å²) < 4.78 is 18.5. The Labute approximate surface area is 194 Å². The number of guanidine groups is 1. The Morgan fingerprint density at radius 1 is 1.40 bits per heavy atom. The molecular weight excluding hydrogens is 499 g/mol. The van der Waals surface area contributed by atoms with Crippen LogP contribution in [0.5, 0.6) is 5.88 Å². The van der Waals surface area contributed by atoms with Crippen LogP contribution in [0.25, 0.3) is 0 Å². The minimum atomic E-state index is -0.0207. The molecule has 3 rings (SSSR count). The second-order valence-electron chi connectivity index (χ2n) is 6.73. The number of aromatic nitrogens is 3. The Morgan fingerprint density at radius 2 is 2.27 bits per heavy atom. The maximum absolute atomic E-state index is 5.95. The van der Waals surface area contributed by atoms with Gasteiger partial charge in [0.15, 0.2) is 5.96 Å². The number of hydrogen-bond donors (Lipinski definition) is 1. The van der Waals surface area contributed by atoms with Crippen LogP contribution in [-0.4, -0.2) is 72.2 Å². The summed E-state index contributed by atoms with van der Waals surface area (Å²) in [6, 6.07) is 3.88. The van der Waals surface area contributed by atoms with E-state index in [-0.39, 0.29) is 30.1 Å². The van der Waals surface area contributed by atoms with Crippen molar-refractivity contribution in [3.05, 3.63) is 41.9 Å². The smallest absolute Gasteiger partial charge is 0.218 e. The molecule has 1 aliphatic heterocycles. The highest BCUT2D eigenvalue weighted by Gasteiger charge is 2.25. The van der Waals surface area contributed by atoms with Gasteiger partial charge in [-0.25, -0.2) is 9.98 Å². The van der Waals surface area contributed by atoms with Gasteiger partial charge in [0.25, 0.3) is 0 Å². The van der Waals surface area contributed by atoms with Crippen molar-refractivity contribution in [2.75, 3.05) is 46.6 Å². The van der Waals surface area contributed by atoms with E-state index in [1.54, 1.807) is 18.0 Å². The largest absolute Gasteiger partial charge is 0.475 e. The van der Waals surface area contributed by atoms with Crippen LogP contribution >= 0.6 is 24.0 Å². The van der Waals surface area contributed by atoms with Crippen LogP contribution in [0.4, 0.5) is 0 Å². The fourth-order valence-corrected chi connectivity index (χ4v) is 3.13. The van der Waals surface area contributed by atoms with E-state index in [1.165, 1.54) is 0 Å². The molecule has 3 heterocycles. The van der Waals surface area contributed by atoms with Gasteiger partial charge in [-0.3, -0.25) is 4.68 Å². The van der Waals surface area contributed by atoms with E-state index in [0.29, 0.717) is 32.2 Å². The lowest BCUT2D eigenvalue weighted by Crippen LogP contribution is -2.48. The lowest BCUT2D eigenvalue weighted by molar-refractivity contribution is -0.00805. The van der Waals surface area contributed by atoms with Gasteiger partial charge in [-0.2, -0.15) is 5.10 Å². The molecule has 0 bridgehead atoms. The molecule has 0 aromatic carbocycles. The van der Waals surface area contributed by atoms with Crippen molar-refractivity contribution in [1.29, 1.82) is 0 Å². The summed E-state index contributed by atoms with van der Waals surface area (Å²) in [5.41, 5.74) is 2.02. The predicted molar refractivity (Wildman–Crippen MR) is 125 cm³/mol. The van der Waals surface area contributed by atoms with Crippen LogP contribution in [0.3, 0.4) is 0 Å². The summed E-state index contributed by atoms with van der Waals surface area (Å²) >= 11 is 0. The van der Waals surface area contributed by atoms with Gasteiger partial charge >= 0.3 is 0 Å². The number of pyridine rings is 1. The summed E-state index contributed by atoms with van der Waals surface area (Å²) in [7, 11) is 3.56. The maximum atomic E-state index is 5.95. The van der Waals surface area contributed by atoms with E-state index in [0.717, 1.165) is 36.7 Å². The zero-order valence-electron chi connectivity index (χ0n) is 17.8. The first-order valence-corrected chi connectivity index (χ1v) is 9.90. The van der Waals surface area contributed by atoms with Crippen LogP contribution in [0.1, 0.15) is 24.2 Å². The van der Waals surface area contributed by atoms with E-state index in [9.17, 15) is 0 Å². The molecule has 10 heteroatoms. The normalized spacial score (nSPS) is 16.8. The molecule has 2 aromatic rings. The van der Waals surface area contributed by atoms with Crippen LogP contribution < -0.4 is 10.1 Å².